The van der Waals surface area contributed by atoms with E-state index in [4.69, 9.17) is 23.2 Å². The van der Waals surface area contributed by atoms with E-state index in [0.29, 0.717) is 22.0 Å². The molecule has 202 valence electrons. The number of hydrogen-bond acceptors (Lipinski definition) is 4. The van der Waals surface area contributed by atoms with Crippen molar-refractivity contribution in [2.45, 2.75) is 17.5 Å². The maximum Gasteiger partial charge on any atom is 0.238 e. The Morgan fingerprint density at radius 3 is 2.39 bits per heavy atom. The summed E-state index contributed by atoms with van der Waals surface area (Å²) in [6.45, 7) is 0. The van der Waals surface area contributed by atoms with Gasteiger partial charge in [-0.25, -0.2) is 4.39 Å². The van der Waals surface area contributed by atoms with Gasteiger partial charge in [0, 0.05) is 22.0 Å². The van der Waals surface area contributed by atoms with Gasteiger partial charge < -0.3 is 10.2 Å². The lowest BCUT2D eigenvalue weighted by Gasteiger charge is -2.37. The second-order valence-electron chi connectivity index (χ2n) is 10.4. The van der Waals surface area contributed by atoms with Crippen molar-refractivity contribution in [2.75, 3.05) is 10.2 Å². The smallest absolute Gasteiger partial charge is 0.238 e. The Morgan fingerprint density at radius 2 is 1.59 bits per heavy atom. The van der Waals surface area contributed by atoms with Crippen LogP contribution in [-0.4, -0.2) is 29.6 Å². The fourth-order valence-corrected chi connectivity index (χ4v) is 7.30. The van der Waals surface area contributed by atoms with E-state index >= 15 is 4.39 Å². The molecule has 4 aromatic carbocycles. The normalized spacial score (nSPS) is 23.6. The molecule has 3 heterocycles. The summed E-state index contributed by atoms with van der Waals surface area (Å²) in [5.41, 5.74) is 1.08. The number of anilines is 2. The van der Waals surface area contributed by atoms with E-state index in [0.717, 1.165) is 5.56 Å². The van der Waals surface area contributed by atoms with Gasteiger partial charge in [-0.3, -0.25) is 14.4 Å². The van der Waals surface area contributed by atoms with Crippen LogP contribution in [0.1, 0.15) is 31.8 Å². The van der Waals surface area contributed by atoms with Gasteiger partial charge in [-0.1, -0.05) is 83.9 Å². The molecule has 1 N–H and O–H groups in total. The number of carbonyl (C=O) groups excluding carboxylic acids is 3. The van der Waals surface area contributed by atoms with Crippen LogP contribution in [0.15, 0.2) is 97.1 Å². The molecule has 0 aromatic heterocycles. The van der Waals surface area contributed by atoms with E-state index in [-0.39, 0.29) is 16.1 Å². The van der Waals surface area contributed by atoms with Gasteiger partial charge in [0.05, 0.1) is 22.5 Å². The Balaban J connectivity index is 1.56. The van der Waals surface area contributed by atoms with Gasteiger partial charge in [0.15, 0.2) is 11.6 Å². The van der Waals surface area contributed by atoms with E-state index in [9.17, 15) is 14.4 Å². The second kappa shape index (κ2) is 9.40. The number of carbonyl (C=O) groups is 3. The number of nitrogens with one attached hydrogen (secondary N) is 1. The van der Waals surface area contributed by atoms with Crippen molar-refractivity contribution in [3.05, 3.63) is 135 Å². The van der Waals surface area contributed by atoms with Crippen LogP contribution in [0, 0.1) is 11.7 Å². The molecule has 0 saturated carbocycles. The van der Waals surface area contributed by atoms with Gasteiger partial charge in [-0.2, -0.15) is 0 Å². The molecule has 8 heteroatoms. The minimum Gasteiger partial charge on any atom is -0.352 e. The monoisotopic (exact) mass is 582 g/mol. The fourth-order valence-electron chi connectivity index (χ4n) is 6.80. The molecular weight excluding hydrogens is 562 g/mol. The van der Waals surface area contributed by atoms with E-state index in [1.54, 1.807) is 36.4 Å². The molecule has 3 aliphatic heterocycles. The molecule has 4 atom stereocenters. The largest absolute Gasteiger partial charge is 0.352 e. The SMILES string of the molecule is O=C(c1ccccc1F)[C@@H]1[C@H](C(=O)c2ccc(Cl)cc2Cl)[C@]2(C(=O)Nc3ccccc32)[C@H]2C=Cc3ccccc3N12. The highest BCUT2D eigenvalue weighted by atomic mass is 35.5. The topological polar surface area (TPSA) is 66.5 Å². The van der Waals surface area contributed by atoms with Crippen LogP contribution in [0.3, 0.4) is 0 Å². The van der Waals surface area contributed by atoms with Crippen LogP contribution < -0.4 is 10.2 Å². The van der Waals surface area contributed by atoms with Gasteiger partial charge in [0.25, 0.3) is 0 Å². The van der Waals surface area contributed by atoms with E-state index in [1.807, 2.05) is 41.3 Å². The van der Waals surface area contributed by atoms with Crippen LogP contribution in [0.4, 0.5) is 15.8 Å². The highest BCUT2D eigenvalue weighted by Crippen LogP contribution is 2.58. The zero-order chi connectivity index (χ0) is 28.5. The number of amides is 1. The minimum atomic E-state index is -1.52. The first-order valence-electron chi connectivity index (χ1n) is 13.1. The fraction of sp³-hybridized carbons (Fsp3) is 0.121. The Bertz CT molecular complexity index is 1820. The number of benzene rings is 4. The number of Topliss-reactive ketones (excluding diaryl/α,β-unsaturated/α-hetero) is 2. The van der Waals surface area contributed by atoms with Crippen LogP contribution in [-0.2, 0) is 10.2 Å². The molecular formula is C33H21Cl2FN2O3. The summed E-state index contributed by atoms with van der Waals surface area (Å²) in [5, 5.41) is 3.40. The average molecular weight is 583 g/mol. The van der Waals surface area contributed by atoms with E-state index in [1.165, 1.54) is 30.3 Å². The maximum atomic E-state index is 15.2. The highest BCUT2D eigenvalue weighted by molar-refractivity contribution is 6.37. The molecule has 3 aliphatic rings. The standard InChI is InChI=1S/C33H21Cl2FN2O3/c34-19-14-15-20(23(35)17-19)30(39)28-29(31(40)21-8-2-4-10-24(21)36)38-26-12-6-1-7-18(26)13-16-27(38)33(28)22-9-3-5-11-25(22)37-32(33)41/h1-17,27-29H,(H,37,41)/t27-,28-,29+,33-/m1/s1. The Hall–Kier alpha value is -4.26. The van der Waals surface area contributed by atoms with Crippen molar-refractivity contribution < 1.29 is 18.8 Å². The first-order valence-corrected chi connectivity index (χ1v) is 13.8. The molecule has 1 saturated heterocycles. The lowest BCUT2D eigenvalue weighted by molar-refractivity contribution is -0.121. The van der Waals surface area contributed by atoms with Gasteiger partial charge in [-0.15, -0.1) is 0 Å². The van der Waals surface area contributed by atoms with E-state index < -0.39 is 46.7 Å². The molecule has 0 aliphatic carbocycles. The van der Waals surface area contributed by atoms with Gasteiger partial charge in [-0.05, 0) is 53.6 Å². The molecule has 1 spiro atoms. The molecule has 0 radical (unpaired) electrons. The molecule has 7 rings (SSSR count). The minimum absolute atomic E-state index is 0.0993. The molecule has 0 bridgehead atoms. The van der Waals surface area contributed by atoms with Crippen molar-refractivity contribution >= 4 is 58.1 Å². The summed E-state index contributed by atoms with van der Waals surface area (Å²) in [5.74, 6) is -3.49. The number of para-hydroxylation sites is 2. The third-order valence-electron chi connectivity index (χ3n) is 8.43. The van der Waals surface area contributed by atoms with Crippen molar-refractivity contribution in [2.24, 2.45) is 5.92 Å². The third-order valence-corrected chi connectivity index (χ3v) is 8.98. The zero-order valence-corrected chi connectivity index (χ0v) is 22.9. The molecule has 1 amide bonds. The van der Waals surface area contributed by atoms with Gasteiger partial charge in [0.1, 0.15) is 17.3 Å². The van der Waals surface area contributed by atoms with Crippen molar-refractivity contribution in [3.63, 3.8) is 0 Å². The number of nitrogens with zero attached hydrogens (tertiary/aromatic N) is 1. The van der Waals surface area contributed by atoms with E-state index in [2.05, 4.69) is 5.32 Å². The molecule has 4 aromatic rings. The maximum absolute atomic E-state index is 15.2. The number of halogens is 3. The van der Waals surface area contributed by atoms with Crippen LogP contribution in [0.5, 0.6) is 0 Å². The Kier molecular flexibility index (Phi) is 5.89. The molecule has 5 nitrogen and oxygen atoms in total. The summed E-state index contributed by atoms with van der Waals surface area (Å²) < 4.78 is 15.2. The summed E-state index contributed by atoms with van der Waals surface area (Å²) in [7, 11) is 0. The van der Waals surface area contributed by atoms with Crippen LogP contribution >= 0.6 is 23.2 Å². The molecule has 41 heavy (non-hydrogen) atoms. The quantitative estimate of drug-likeness (QED) is 0.263. The van der Waals surface area contributed by atoms with Gasteiger partial charge in [0.2, 0.25) is 5.91 Å². The summed E-state index contributed by atoms with van der Waals surface area (Å²) >= 11 is 12.7. The zero-order valence-electron chi connectivity index (χ0n) is 21.4. The Morgan fingerprint density at radius 1 is 0.854 bits per heavy atom. The number of rotatable bonds is 4. The van der Waals surface area contributed by atoms with Gasteiger partial charge >= 0.3 is 0 Å². The predicted molar refractivity (Wildman–Crippen MR) is 157 cm³/mol. The summed E-state index contributed by atoms with van der Waals surface area (Å²) in [4.78, 5) is 45.4. The second-order valence-corrected chi connectivity index (χ2v) is 11.2. The summed E-state index contributed by atoms with van der Waals surface area (Å²) in [6.07, 6.45) is 3.77. The lowest BCUT2D eigenvalue weighted by Crippen LogP contribution is -2.51. The van der Waals surface area contributed by atoms with Crippen molar-refractivity contribution in [1.82, 2.24) is 0 Å². The van der Waals surface area contributed by atoms with Crippen molar-refractivity contribution in [1.29, 1.82) is 0 Å². The Labute approximate surface area is 245 Å². The number of hydrogen-bond donors (Lipinski definition) is 1. The molecule has 1 fully saturated rings. The van der Waals surface area contributed by atoms with Crippen LogP contribution in [0.25, 0.3) is 6.08 Å². The van der Waals surface area contributed by atoms with Crippen LogP contribution in [0.2, 0.25) is 10.0 Å². The number of fused-ring (bicyclic) bond motifs is 6. The first kappa shape index (κ1) is 25.7. The number of ketones is 2. The first-order chi connectivity index (χ1) is 19.8. The summed E-state index contributed by atoms with van der Waals surface area (Å²) in [6, 6.07) is 22.9. The predicted octanol–water partition coefficient (Wildman–Crippen LogP) is 6.99. The van der Waals surface area contributed by atoms with Crippen molar-refractivity contribution in [3.8, 4) is 0 Å². The molecule has 0 unspecified atom stereocenters. The highest BCUT2D eigenvalue weighted by Gasteiger charge is 2.70. The lowest BCUT2D eigenvalue weighted by atomic mass is 9.64. The third kappa shape index (κ3) is 3.57. The average Bonchev–Trinajstić information content (AvgIpc) is 3.45.